The summed E-state index contributed by atoms with van der Waals surface area (Å²) in [6, 6.07) is 15.4. The zero-order valence-electron chi connectivity index (χ0n) is 15.3. The molecule has 5 nitrogen and oxygen atoms in total. The number of morpholine rings is 1. The van der Waals surface area contributed by atoms with Crippen molar-refractivity contribution in [3.05, 3.63) is 64.7 Å². The number of nitrogens with one attached hydrogen (secondary N) is 1. The lowest BCUT2D eigenvalue weighted by Crippen LogP contribution is -2.36. The van der Waals surface area contributed by atoms with Gasteiger partial charge in [0.05, 0.1) is 26.2 Å². The zero-order chi connectivity index (χ0) is 18.9. The third-order valence-electron chi connectivity index (χ3n) is 4.50. The van der Waals surface area contributed by atoms with Gasteiger partial charge in [-0.25, -0.2) is 0 Å². The molecule has 0 atom stereocenters. The molecule has 1 N–H and O–H groups in total. The summed E-state index contributed by atoms with van der Waals surface area (Å²) in [7, 11) is 0. The van der Waals surface area contributed by atoms with Crippen LogP contribution in [0.25, 0.3) is 0 Å². The number of ether oxygens (including phenoxy) is 2. The molecule has 1 aliphatic heterocycles. The Hall–Kier alpha value is -2.08. The summed E-state index contributed by atoms with van der Waals surface area (Å²) in [6.45, 7) is 5.21. The first kappa shape index (κ1) is 19.7. The predicted molar refractivity (Wildman–Crippen MR) is 106 cm³/mol. The molecule has 1 heterocycles. The first-order chi connectivity index (χ1) is 13.2. The van der Waals surface area contributed by atoms with E-state index in [0.717, 1.165) is 38.4 Å². The van der Waals surface area contributed by atoms with Crippen LogP contribution >= 0.6 is 11.6 Å². The molecule has 0 aromatic heterocycles. The van der Waals surface area contributed by atoms with Gasteiger partial charge in [-0.05, 0) is 35.4 Å². The second-order valence-corrected chi connectivity index (χ2v) is 6.92. The lowest BCUT2D eigenvalue weighted by atomic mass is 10.1. The summed E-state index contributed by atoms with van der Waals surface area (Å²) < 4.78 is 11.0. The van der Waals surface area contributed by atoms with E-state index in [-0.39, 0.29) is 5.91 Å². The Kier molecular flexibility index (Phi) is 7.51. The molecule has 6 heteroatoms. The minimum Gasteiger partial charge on any atom is -0.493 e. The lowest BCUT2D eigenvalue weighted by Gasteiger charge is -2.27. The maximum Gasteiger partial charge on any atom is 0.223 e. The zero-order valence-corrected chi connectivity index (χ0v) is 16.1. The fourth-order valence-electron chi connectivity index (χ4n) is 2.96. The number of amides is 1. The van der Waals surface area contributed by atoms with Crippen molar-refractivity contribution in [2.24, 2.45) is 0 Å². The molecule has 1 aliphatic rings. The van der Waals surface area contributed by atoms with Crippen LogP contribution in [-0.4, -0.2) is 43.7 Å². The van der Waals surface area contributed by atoms with Gasteiger partial charge in [-0.3, -0.25) is 9.69 Å². The number of rotatable bonds is 8. The predicted octanol–water partition coefficient (Wildman–Crippen LogP) is 3.26. The van der Waals surface area contributed by atoms with Crippen LogP contribution in [0.3, 0.4) is 0 Å². The van der Waals surface area contributed by atoms with E-state index in [9.17, 15) is 4.79 Å². The van der Waals surface area contributed by atoms with Crippen LogP contribution in [0, 0.1) is 0 Å². The number of hydrogen-bond acceptors (Lipinski definition) is 4. The first-order valence-corrected chi connectivity index (χ1v) is 9.60. The quantitative estimate of drug-likeness (QED) is 0.754. The van der Waals surface area contributed by atoms with Crippen LogP contribution < -0.4 is 10.1 Å². The molecule has 0 radical (unpaired) electrons. The SMILES string of the molecule is O=C(CCOc1ccc(Cl)cc1)NCc1ccccc1CN1CCOCC1. The Morgan fingerprint density at radius 2 is 1.78 bits per heavy atom. The molecule has 0 aliphatic carbocycles. The highest BCUT2D eigenvalue weighted by atomic mass is 35.5. The van der Waals surface area contributed by atoms with Crippen LogP contribution in [0.1, 0.15) is 17.5 Å². The molecule has 144 valence electrons. The molecule has 0 bridgehead atoms. The fraction of sp³-hybridized carbons (Fsp3) is 0.381. The van der Waals surface area contributed by atoms with Crippen LogP contribution in [0.5, 0.6) is 5.75 Å². The van der Waals surface area contributed by atoms with Crippen molar-refractivity contribution in [1.82, 2.24) is 10.2 Å². The van der Waals surface area contributed by atoms with Gasteiger partial charge in [0, 0.05) is 31.2 Å². The Labute approximate surface area is 165 Å². The van der Waals surface area contributed by atoms with E-state index >= 15 is 0 Å². The average Bonchev–Trinajstić information content (AvgIpc) is 2.70. The molecule has 2 aromatic rings. The fourth-order valence-corrected chi connectivity index (χ4v) is 3.08. The summed E-state index contributed by atoms with van der Waals surface area (Å²) in [5.41, 5.74) is 2.40. The van der Waals surface area contributed by atoms with Crippen LogP contribution in [-0.2, 0) is 22.6 Å². The molecule has 0 spiro atoms. The van der Waals surface area contributed by atoms with Gasteiger partial charge in [0.2, 0.25) is 5.91 Å². The van der Waals surface area contributed by atoms with Crippen LogP contribution in [0.15, 0.2) is 48.5 Å². The van der Waals surface area contributed by atoms with Crippen LogP contribution in [0.4, 0.5) is 0 Å². The smallest absolute Gasteiger partial charge is 0.223 e. The topological polar surface area (TPSA) is 50.8 Å². The number of carbonyl (C=O) groups excluding carboxylic acids is 1. The van der Waals surface area contributed by atoms with Crippen molar-refractivity contribution in [3.63, 3.8) is 0 Å². The lowest BCUT2D eigenvalue weighted by molar-refractivity contribution is -0.121. The molecule has 0 saturated carbocycles. The monoisotopic (exact) mass is 388 g/mol. The molecular weight excluding hydrogens is 364 g/mol. The van der Waals surface area contributed by atoms with Gasteiger partial charge in [0.1, 0.15) is 5.75 Å². The Morgan fingerprint density at radius 1 is 1.07 bits per heavy atom. The van der Waals surface area contributed by atoms with E-state index in [1.54, 1.807) is 24.3 Å². The Bertz CT molecular complexity index is 730. The number of nitrogens with zero attached hydrogens (tertiary/aromatic N) is 1. The van der Waals surface area contributed by atoms with Gasteiger partial charge in [-0.1, -0.05) is 35.9 Å². The van der Waals surface area contributed by atoms with Gasteiger partial charge in [0.15, 0.2) is 0 Å². The summed E-state index contributed by atoms with van der Waals surface area (Å²) >= 11 is 5.84. The van der Waals surface area contributed by atoms with E-state index in [2.05, 4.69) is 22.3 Å². The van der Waals surface area contributed by atoms with E-state index in [0.29, 0.717) is 30.3 Å². The molecule has 1 fully saturated rings. The molecule has 1 saturated heterocycles. The van der Waals surface area contributed by atoms with Gasteiger partial charge in [0.25, 0.3) is 0 Å². The largest absolute Gasteiger partial charge is 0.493 e. The van der Waals surface area contributed by atoms with Crippen molar-refractivity contribution in [3.8, 4) is 5.75 Å². The average molecular weight is 389 g/mol. The summed E-state index contributed by atoms with van der Waals surface area (Å²) in [6.07, 6.45) is 0.314. The van der Waals surface area contributed by atoms with Gasteiger partial charge < -0.3 is 14.8 Å². The molecule has 2 aromatic carbocycles. The standard InChI is InChI=1S/C21H25ClN2O3/c22-19-5-7-20(8-6-19)27-12-9-21(25)23-15-17-3-1-2-4-18(17)16-24-10-13-26-14-11-24/h1-8H,9-16H2,(H,23,25). The van der Waals surface area contributed by atoms with Crippen molar-refractivity contribution < 1.29 is 14.3 Å². The molecular formula is C21H25ClN2O3. The highest BCUT2D eigenvalue weighted by Crippen LogP contribution is 2.16. The molecule has 3 rings (SSSR count). The van der Waals surface area contributed by atoms with E-state index in [1.165, 1.54) is 5.56 Å². The second-order valence-electron chi connectivity index (χ2n) is 6.49. The van der Waals surface area contributed by atoms with Crippen molar-refractivity contribution >= 4 is 17.5 Å². The summed E-state index contributed by atoms with van der Waals surface area (Å²) in [5, 5.41) is 3.65. The highest BCUT2D eigenvalue weighted by molar-refractivity contribution is 6.30. The van der Waals surface area contributed by atoms with E-state index in [1.807, 2.05) is 12.1 Å². The van der Waals surface area contributed by atoms with E-state index < -0.39 is 0 Å². The number of halogens is 1. The maximum atomic E-state index is 12.1. The third-order valence-corrected chi connectivity index (χ3v) is 4.76. The number of benzene rings is 2. The van der Waals surface area contributed by atoms with Gasteiger partial charge in [-0.2, -0.15) is 0 Å². The minimum absolute atomic E-state index is 0.0230. The van der Waals surface area contributed by atoms with Gasteiger partial charge in [-0.15, -0.1) is 0 Å². The highest BCUT2D eigenvalue weighted by Gasteiger charge is 2.13. The molecule has 0 unspecified atom stereocenters. The van der Waals surface area contributed by atoms with Crippen molar-refractivity contribution in [1.29, 1.82) is 0 Å². The van der Waals surface area contributed by atoms with Gasteiger partial charge >= 0.3 is 0 Å². The van der Waals surface area contributed by atoms with Crippen LogP contribution in [0.2, 0.25) is 5.02 Å². The Balaban J connectivity index is 1.43. The molecule has 1 amide bonds. The van der Waals surface area contributed by atoms with E-state index in [4.69, 9.17) is 21.1 Å². The maximum absolute atomic E-state index is 12.1. The third kappa shape index (κ3) is 6.54. The summed E-state index contributed by atoms with van der Waals surface area (Å²) in [4.78, 5) is 14.5. The normalized spacial score (nSPS) is 14.7. The van der Waals surface area contributed by atoms with Crippen molar-refractivity contribution in [2.45, 2.75) is 19.5 Å². The number of carbonyl (C=O) groups is 1. The Morgan fingerprint density at radius 3 is 2.52 bits per heavy atom. The number of hydrogen-bond donors (Lipinski definition) is 1. The molecule has 27 heavy (non-hydrogen) atoms. The second kappa shape index (κ2) is 10.3. The first-order valence-electron chi connectivity index (χ1n) is 9.22. The minimum atomic E-state index is -0.0230. The van der Waals surface area contributed by atoms with Crippen molar-refractivity contribution in [2.75, 3.05) is 32.9 Å². The summed E-state index contributed by atoms with van der Waals surface area (Å²) in [5.74, 6) is 0.688.